The van der Waals surface area contributed by atoms with Crippen molar-refractivity contribution >= 4 is 0 Å². The molecular weight excluding hydrogens is 328 g/mol. The van der Waals surface area contributed by atoms with Gasteiger partial charge in [0.25, 0.3) is 0 Å². The monoisotopic (exact) mass is 350 g/mol. The molecule has 0 amide bonds. The second-order valence-electron chi connectivity index (χ2n) is 6.97. The van der Waals surface area contributed by atoms with Crippen LogP contribution in [-0.2, 0) is 0 Å². The Hall–Kier alpha value is -3.32. The third kappa shape index (κ3) is 3.37. The summed E-state index contributed by atoms with van der Waals surface area (Å²) in [6, 6.07) is 30.8. The third-order valence-electron chi connectivity index (χ3n) is 4.98. The molecular formula is C26H22O. The molecule has 0 saturated carbocycles. The summed E-state index contributed by atoms with van der Waals surface area (Å²) in [5.74, 6) is 0.321. The summed E-state index contributed by atoms with van der Waals surface area (Å²) in [4.78, 5) is 0. The Balaban J connectivity index is 2.01. The summed E-state index contributed by atoms with van der Waals surface area (Å²) in [6.45, 7) is 4.24. The molecule has 0 aliphatic heterocycles. The van der Waals surface area contributed by atoms with Gasteiger partial charge in [-0.25, -0.2) is 0 Å². The highest BCUT2D eigenvalue weighted by Gasteiger charge is 2.15. The SMILES string of the molecule is Cc1ccc(C)c(-c2cc(-c3ccccc3)c(O)c(-c3ccccc3)c2)c1. The molecule has 0 saturated heterocycles. The average Bonchev–Trinajstić information content (AvgIpc) is 2.71. The number of aryl methyl sites for hydroxylation is 2. The molecule has 0 heterocycles. The van der Waals surface area contributed by atoms with Gasteiger partial charge < -0.3 is 5.11 Å². The van der Waals surface area contributed by atoms with Crippen molar-refractivity contribution in [2.45, 2.75) is 13.8 Å². The van der Waals surface area contributed by atoms with Crippen LogP contribution in [0, 0.1) is 13.8 Å². The highest BCUT2D eigenvalue weighted by atomic mass is 16.3. The zero-order chi connectivity index (χ0) is 18.8. The minimum Gasteiger partial charge on any atom is -0.507 e. The first-order valence-corrected chi connectivity index (χ1v) is 9.19. The van der Waals surface area contributed by atoms with Crippen molar-refractivity contribution in [2.75, 3.05) is 0 Å². The molecule has 4 aromatic rings. The molecule has 4 aromatic carbocycles. The van der Waals surface area contributed by atoms with E-state index in [0.717, 1.165) is 27.8 Å². The van der Waals surface area contributed by atoms with E-state index in [0.29, 0.717) is 5.75 Å². The van der Waals surface area contributed by atoms with E-state index >= 15 is 0 Å². The van der Waals surface area contributed by atoms with Crippen LogP contribution < -0.4 is 0 Å². The Labute approximate surface area is 160 Å². The first-order valence-electron chi connectivity index (χ1n) is 9.19. The summed E-state index contributed by atoms with van der Waals surface area (Å²) in [5, 5.41) is 11.1. The van der Waals surface area contributed by atoms with Crippen molar-refractivity contribution in [2.24, 2.45) is 0 Å². The van der Waals surface area contributed by atoms with E-state index in [4.69, 9.17) is 0 Å². The normalized spacial score (nSPS) is 10.7. The number of hydrogen-bond donors (Lipinski definition) is 1. The summed E-state index contributed by atoms with van der Waals surface area (Å²) in [6.07, 6.45) is 0. The molecule has 0 spiro atoms. The molecule has 4 rings (SSSR count). The molecule has 0 unspecified atom stereocenters. The van der Waals surface area contributed by atoms with Gasteiger partial charge in [-0.3, -0.25) is 0 Å². The molecule has 1 N–H and O–H groups in total. The Kier molecular flexibility index (Phi) is 4.52. The Morgan fingerprint density at radius 2 is 1.04 bits per heavy atom. The minimum absolute atomic E-state index is 0.321. The molecule has 132 valence electrons. The van der Waals surface area contributed by atoms with Crippen LogP contribution in [0.3, 0.4) is 0 Å². The van der Waals surface area contributed by atoms with E-state index in [-0.39, 0.29) is 0 Å². The molecule has 27 heavy (non-hydrogen) atoms. The predicted octanol–water partition coefficient (Wildman–Crippen LogP) is 7.01. The van der Waals surface area contributed by atoms with Gasteiger partial charge in [0.15, 0.2) is 0 Å². The molecule has 1 nitrogen and oxygen atoms in total. The van der Waals surface area contributed by atoms with E-state index in [1.807, 2.05) is 60.7 Å². The van der Waals surface area contributed by atoms with Crippen molar-refractivity contribution in [3.05, 3.63) is 102 Å². The average molecular weight is 350 g/mol. The first-order chi connectivity index (χ1) is 13.1. The maximum atomic E-state index is 11.1. The van der Waals surface area contributed by atoms with Crippen molar-refractivity contribution in [3.8, 4) is 39.1 Å². The fourth-order valence-corrected chi connectivity index (χ4v) is 3.51. The van der Waals surface area contributed by atoms with Crippen molar-refractivity contribution in [3.63, 3.8) is 0 Å². The highest BCUT2D eigenvalue weighted by molar-refractivity contribution is 5.88. The lowest BCUT2D eigenvalue weighted by Gasteiger charge is -2.16. The molecule has 0 aliphatic carbocycles. The van der Waals surface area contributed by atoms with E-state index in [1.165, 1.54) is 16.7 Å². The number of phenolic OH excluding ortho intramolecular Hbond substituents is 1. The van der Waals surface area contributed by atoms with Crippen LogP contribution in [0.15, 0.2) is 91.0 Å². The lowest BCUT2D eigenvalue weighted by Crippen LogP contribution is -1.90. The molecule has 0 aliphatic rings. The standard InChI is InChI=1S/C26H22O/c1-18-13-14-19(2)23(15-18)22-16-24(20-9-5-3-6-10-20)26(27)25(17-22)21-11-7-4-8-12-21/h3-17,27H,1-2H3. The zero-order valence-corrected chi connectivity index (χ0v) is 15.6. The van der Waals surface area contributed by atoms with Gasteiger partial charge in [0.05, 0.1) is 0 Å². The Bertz CT molecular complexity index is 1020. The van der Waals surface area contributed by atoms with Crippen molar-refractivity contribution in [1.29, 1.82) is 0 Å². The van der Waals surface area contributed by atoms with Gasteiger partial charge in [-0.1, -0.05) is 84.4 Å². The molecule has 1 heteroatoms. The molecule has 0 radical (unpaired) electrons. The summed E-state index contributed by atoms with van der Waals surface area (Å²) < 4.78 is 0. The summed E-state index contributed by atoms with van der Waals surface area (Å²) in [7, 11) is 0. The van der Waals surface area contributed by atoms with Crippen LogP contribution in [0.2, 0.25) is 0 Å². The topological polar surface area (TPSA) is 20.2 Å². The number of aromatic hydroxyl groups is 1. The van der Waals surface area contributed by atoms with Gasteiger partial charge >= 0.3 is 0 Å². The zero-order valence-electron chi connectivity index (χ0n) is 15.6. The number of hydrogen-bond acceptors (Lipinski definition) is 1. The van der Waals surface area contributed by atoms with Crippen molar-refractivity contribution < 1.29 is 5.11 Å². The van der Waals surface area contributed by atoms with Crippen LogP contribution in [-0.4, -0.2) is 5.11 Å². The van der Waals surface area contributed by atoms with E-state index in [2.05, 4.69) is 44.2 Å². The van der Waals surface area contributed by atoms with Crippen LogP contribution in [0.25, 0.3) is 33.4 Å². The molecule has 0 fully saturated rings. The smallest absolute Gasteiger partial charge is 0.131 e. The largest absolute Gasteiger partial charge is 0.507 e. The highest BCUT2D eigenvalue weighted by Crippen LogP contribution is 2.42. The number of phenols is 1. The number of rotatable bonds is 3. The predicted molar refractivity (Wildman–Crippen MR) is 114 cm³/mol. The minimum atomic E-state index is 0.321. The maximum absolute atomic E-state index is 11.1. The van der Waals surface area contributed by atoms with Gasteiger partial charge in [0.1, 0.15) is 5.75 Å². The van der Waals surface area contributed by atoms with Gasteiger partial charge in [-0.05, 0) is 53.8 Å². The number of benzene rings is 4. The lowest BCUT2D eigenvalue weighted by molar-refractivity contribution is 0.479. The van der Waals surface area contributed by atoms with Crippen LogP contribution in [0.5, 0.6) is 5.75 Å². The van der Waals surface area contributed by atoms with Gasteiger partial charge in [0, 0.05) is 11.1 Å². The Morgan fingerprint density at radius 1 is 0.519 bits per heavy atom. The lowest BCUT2D eigenvalue weighted by atomic mass is 9.90. The van der Waals surface area contributed by atoms with Crippen LogP contribution in [0.4, 0.5) is 0 Å². The first kappa shape index (κ1) is 17.1. The van der Waals surface area contributed by atoms with Crippen molar-refractivity contribution in [1.82, 2.24) is 0 Å². The maximum Gasteiger partial charge on any atom is 0.131 e. The van der Waals surface area contributed by atoms with E-state index in [1.54, 1.807) is 0 Å². The quantitative estimate of drug-likeness (QED) is 0.421. The molecule has 0 aromatic heterocycles. The van der Waals surface area contributed by atoms with Gasteiger partial charge in [0.2, 0.25) is 0 Å². The van der Waals surface area contributed by atoms with Gasteiger partial charge in [-0.2, -0.15) is 0 Å². The molecule has 0 atom stereocenters. The fraction of sp³-hybridized carbons (Fsp3) is 0.0769. The second kappa shape index (κ2) is 7.13. The van der Waals surface area contributed by atoms with E-state index < -0.39 is 0 Å². The van der Waals surface area contributed by atoms with Crippen LogP contribution >= 0.6 is 0 Å². The summed E-state index contributed by atoms with van der Waals surface area (Å²) in [5.41, 5.74) is 8.51. The van der Waals surface area contributed by atoms with E-state index in [9.17, 15) is 5.11 Å². The fourth-order valence-electron chi connectivity index (χ4n) is 3.51. The molecule has 0 bridgehead atoms. The third-order valence-corrected chi connectivity index (χ3v) is 4.98. The Morgan fingerprint density at radius 3 is 1.56 bits per heavy atom. The second-order valence-corrected chi connectivity index (χ2v) is 6.97. The van der Waals surface area contributed by atoms with Gasteiger partial charge in [-0.15, -0.1) is 0 Å². The summed E-state index contributed by atoms with van der Waals surface area (Å²) >= 11 is 0. The van der Waals surface area contributed by atoms with Crippen LogP contribution in [0.1, 0.15) is 11.1 Å².